The van der Waals surface area contributed by atoms with Gasteiger partial charge in [0.2, 0.25) is 5.67 Å². The van der Waals surface area contributed by atoms with Crippen LogP contribution >= 0.6 is 0 Å². The first kappa shape index (κ1) is 29.1. The number of halogens is 23. The smallest absolute Gasteiger partial charge is 0.333 e. The molecule has 0 heterocycles. The van der Waals surface area contributed by atoms with Crippen LogP contribution in [-0.4, -0.2) is 103 Å². The Bertz CT molecular complexity index is 1300. The molecule has 1 nitrogen and oxygen atoms in total. The van der Waals surface area contributed by atoms with Gasteiger partial charge in [-0.1, -0.05) is 0 Å². The zero-order chi connectivity index (χ0) is 33.0. The molecule has 0 saturated heterocycles. The third-order valence-electron chi connectivity index (χ3n) is 11.0. The summed E-state index contributed by atoms with van der Waals surface area (Å²) < 4.78 is 359. The van der Waals surface area contributed by atoms with Crippen LogP contribution in [0.4, 0.5) is 101 Å². The lowest BCUT2D eigenvalue weighted by Crippen LogP contribution is -3.28. The normalized spacial score (nSPS) is 68.0. The minimum atomic E-state index is -8.88. The van der Waals surface area contributed by atoms with Crippen LogP contribution in [0, 0.1) is 5.41 Å². The van der Waals surface area contributed by atoms with E-state index in [2.05, 4.69) is 0 Å². The SMILES string of the molecule is OC12C3(F)C(F)(F)C4(F)C(F)(F)C5(F)C3(F)C(F)(F)C3(F)C1(F)C(F)(F)C1(F)C(F)(F)C3(F)C5(F)C2(C4(F)F)C1(F)F. The Labute approximate surface area is 211 Å². The predicted molar refractivity (Wildman–Crippen MR) is 76.6 cm³/mol. The third kappa shape index (κ3) is 1.16. The molecular formula is C18HF23O. The highest BCUT2D eigenvalue weighted by atomic mass is 19.3. The molecule has 8 atom stereocenters. The van der Waals surface area contributed by atoms with Crippen molar-refractivity contribution in [3.05, 3.63) is 0 Å². The Kier molecular flexibility index (Phi) is 3.54. The Balaban J connectivity index is 1.98. The van der Waals surface area contributed by atoms with Crippen LogP contribution in [0.25, 0.3) is 0 Å². The molecule has 0 aliphatic heterocycles. The third-order valence-corrected chi connectivity index (χ3v) is 11.0. The van der Waals surface area contributed by atoms with E-state index in [1.807, 2.05) is 0 Å². The Hall–Kier alpha value is -1.65. The maximum absolute atomic E-state index is 16.7. The summed E-state index contributed by atoms with van der Waals surface area (Å²) in [5, 5.41) is 10.4. The first-order valence-corrected chi connectivity index (χ1v) is 10.6. The number of rotatable bonds is 0. The average molecular weight is 670 g/mol. The van der Waals surface area contributed by atoms with Gasteiger partial charge < -0.3 is 5.11 Å². The average Bonchev–Trinajstić information content (AvgIpc) is 2.82. The molecule has 0 aromatic heterocycles. The van der Waals surface area contributed by atoms with Gasteiger partial charge in [0, 0.05) is 0 Å². The van der Waals surface area contributed by atoms with Crippen molar-refractivity contribution in [1.82, 2.24) is 0 Å². The van der Waals surface area contributed by atoms with Crippen LogP contribution in [0.15, 0.2) is 0 Å². The van der Waals surface area contributed by atoms with Crippen molar-refractivity contribution < 1.29 is 106 Å². The second-order valence-corrected chi connectivity index (χ2v) is 11.4. The van der Waals surface area contributed by atoms with E-state index in [1.165, 1.54) is 0 Å². The summed E-state index contributed by atoms with van der Waals surface area (Å²) in [5.41, 5.74) is -95.7. The van der Waals surface area contributed by atoms with Gasteiger partial charge >= 0.3 is 52.8 Å². The number of alkyl halides is 23. The van der Waals surface area contributed by atoms with E-state index >= 15 is 101 Å². The van der Waals surface area contributed by atoms with E-state index < -0.39 is 103 Å². The lowest BCUT2D eigenvalue weighted by Gasteiger charge is -2.95. The lowest BCUT2D eigenvalue weighted by molar-refractivity contribution is -0.723. The van der Waals surface area contributed by atoms with Gasteiger partial charge in [0.15, 0.2) is 11.0 Å². The van der Waals surface area contributed by atoms with Crippen LogP contribution in [0.2, 0.25) is 0 Å². The van der Waals surface area contributed by atoms with E-state index in [9.17, 15) is 5.11 Å². The highest BCUT2D eigenvalue weighted by Crippen LogP contribution is 3.06. The molecule has 42 heavy (non-hydrogen) atoms. The molecule has 10 rings (SSSR count). The summed E-state index contributed by atoms with van der Waals surface area (Å²) in [6.07, 6.45) is 0. The van der Waals surface area contributed by atoms with Gasteiger partial charge in [0.25, 0.3) is 34.0 Å². The van der Waals surface area contributed by atoms with Crippen molar-refractivity contribution in [3.63, 3.8) is 0 Å². The highest BCUT2D eigenvalue weighted by Gasteiger charge is 3.39. The maximum Gasteiger partial charge on any atom is 0.333 e. The zero-order valence-electron chi connectivity index (χ0n) is 18.1. The van der Waals surface area contributed by atoms with Crippen LogP contribution in [0.5, 0.6) is 0 Å². The predicted octanol–water partition coefficient (Wildman–Crippen LogP) is 5.62. The zero-order valence-corrected chi connectivity index (χ0v) is 18.1. The topological polar surface area (TPSA) is 20.2 Å². The highest BCUT2D eigenvalue weighted by molar-refractivity contribution is 5.76. The van der Waals surface area contributed by atoms with E-state index in [0.717, 1.165) is 0 Å². The van der Waals surface area contributed by atoms with Crippen LogP contribution in [0.3, 0.4) is 0 Å². The fourth-order valence-corrected chi connectivity index (χ4v) is 9.79. The molecule has 10 aliphatic carbocycles. The van der Waals surface area contributed by atoms with Gasteiger partial charge in [-0.3, -0.25) is 0 Å². The van der Waals surface area contributed by atoms with Gasteiger partial charge in [0.1, 0.15) is 0 Å². The summed E-state index contributed by atoms with van der Waals surface area (Å²) in [6.45, 7) is 0. The fraction of sp³-hybridized carbons (Fsp3) is 1.00. The van der Waals surface area contributed by atoms with Crippen molar-refractivity contribution >= 4 is 0 Å². The molecule has 10 aliphatic rings. The van der Waals surface area contributed by atoms with Crippen LogP contribution in [-0.2, 0) is 0 Å². The van der Waals surface area contributed by atoms with Crippen molar-refractivity contribution in [1.29, 1.82) is 0 Å². The Morgan fingerprint density at radius 1 is 0.214 bits per heavy atom. The molecule has 0 amide bonds. The molecule has 10 saturated carbocycles. The lowest BCUT2D eigenvalue weighted by atomic mass is 9.10. The number of hydrogen-bond donors (Lipinski definition) is 1. The van der Waals surface area contributed by atoms with Gasteiger partial charge in [-0.05, 0) is 0 Å². The van der Waals surface area contributed by atoms with E-state index in [-0.39, 0.29) is 0 Å². The maximum atomic E-state index is 16.7. The van der Waals surface area contributed by atoms with Crippen molar-refractivity contribution in [2.24, 2.45) is 5.41 Å². The molecule has 0 aromatic carbocycles. The van der Waals surface area contributed by atoms with Crippen molar-refractivity contribution in [2.75, 3.05) is 0 Å². The summed E-state index contributed by atoms with van der Waals surface area (Å²) in [7, 11) is 0. The minimum Gasteiger partial charge on any atom is -0.381 e. The first-order valence-electron chi connectivity index (χ1n) is 10.6. The second-order valence-electron chi connectivity index (χ2n) is 11.4. The monoisotopic (exact) mass is 670 g/mol. The number of hydrogen-bond acceptors (Lipinski definition) is 1. The molecule has 1 spiro atoms. The molecule has 8 unspecified atom stereocenters. The minimum absolute atomic E-state index is 8.45. The molecule has 1 N–H and O–H groups in total. The molecule has 11 bridgehead atoms. The Morgan fingerprint density at radius 3 is 0.667 bits per heavy atom. The molecule has 0 radical (unpaired) electrons. The molecule has 10 fully saturated rings. The van der Waals surface area contributed by atoms with E-state index in [4.69, 9.17) is 0 Å². The summed E-state index contributed by atoms with van der Waals surface area (Å²) in [5.74, 6) is -61.6. The molecule has 240 valence electrons. The summed E-state index contributed by atoms with van der Waals surface area (Å²) in [6, 6.07) is 0. The van der Waals surface area contributed by atoms with Crippen molar-refractivity contribution in [2.45, 2.75) is 98.1 Å². The fourth-order valence-electron chi connectivity index (χ4n) is 9.79. The van der Waals surface area contributed by atoms with Crippen LogP contribution < -0.4 is 0 Å². The van der Waals surface area contributed by atoms with Gasteiger partial charge in [0.05, 0.1) is 0 Å². The van der Waals surface area contributed by atoms with E-state index in [0.29, 0.717) is 0 Å². The largest absolute Gasteiger partial charge is 0.381 e. The quantitative estimate of drug-likeness (QED) is 0.332. The summed E-state index contributed by atoms with van der Waals surface area (Å²) >= 11 is 0. The van der Waals surface area contributed by atoms with Crippen molar-refractivity contribution in [3.8, 4) is 0 Å². The standard InChI is InChI=1S/C18HF23O/c19-2-1-11(42)7(24)5(22,3(2,20)15(34,35)9(26,12(1,28)29)17(7,38)39)14(32,33)6(23)4(2,21)16(36,37)10(27,13(1,30)31)18(40,41)8(6,11)25/h42H. The molecular weight excluding hydrogens is 669 g/mol. The number of aliphatic hydroxyl groups is 1. The molecule has 0 aromatic rings. The Morgan fingerprint density at radius 2 is 0.405 bits per heavy atom. The van der Waals surface area contributed by atoms with Crippen LogP contribution in [0.1, 0.15) is 0 Å². The van der Waals surface area contributed by atoms with Gasteiger partial charge in [-0.15, -0.1) is 0 Å². The summed E-state index contributed by atoms with van der Waals surface area (Å²) in [4.78, 5) is 0. The van der Waals surface area contributed by atoms with Gasteiger partial charge in [-0.25, -0.2) is 57.1 Å². The first-order chi connectivity index (χ1) is 18.0. The van der Waals surface area contributed by atoms with Gasteiger partial charge in [-0.2, -0.15) is 43.9 Å². The van der Waals surface area contributed by atoms with E-state index in [1.54, 1.807) is 0 Å². The second kappa shape index (κ2) is 5.12. The molecule has 24 heteroatoms.